The van der Waals surface area contributed by atoms with E-state index in [1.54, 1.807) is 0 Å². The lowest BCUT2D eigenvalue weighted by atomic mass is 9.71. The van der Waals surface area contributed by atoms with Gasteiger partial charge in [-0.3, -0.25) is 9.69 Å². The second kappa shape index (κ2) is 12.5. The molecule has 0 unspecified atom stereocenters. The topological polar surface area (TPSA) is 69.6 Å². The molecule has 4 rings (SSSR count). The quantitative estimate of drug-likeness (QED) is 0.323. The van der Waals surface area contributed by atoms with E-state index in [9.17, 15) is 27.9 Å². The zero-order valence-corrected chi connectivity index (χ0v) is 21.7. The van der Waals surface area contributed by atoms with E-state index in [4.69, 9.17) is 0 Å². The number of carboxylic acids is 1. The summed E-state index contributed by atoms with van der Waals surface area (Å²) in [4.78, 5) is 27.9. The van der Waals surface area contributed by atoms with Gasteiger partial charge in [-0.15, -0.1) is 0 Å². The molecule has 206 valence electrons. The molecule has 0 aliphatic carbocycles. The first-order chi connectivity index (χ1) is 18.7. The zero-order chi connectivity index (χ0) is 27.9. The van der Waals surface area contributed by atoms with E-state index in [0.29, 0.717) is 25.9 Å². The Morgan fingerprint density at radius 3 is 2.00 bits per heavy atom. The fourth-order valence-corrected chi connectivity index (χ4v) is 5.25. The second-order valence-electron chi connectivity index (χ2n) is 10.2. The Bertz CT molecular complexity index is 1220. The molecule has 0 spiro atoms. The summed E-state index contributed by atoms with van der Waals surface area (Å²) in [6.07, 6.45) is -5.20. The van der Waals surface area contributed by atoms with Crippen LogP contribution in [0.2, 0.25) is 0 Å². The number of carbonyl (C=O) groups is 2. The lowest BCUT2D eigenvalue weighted by molar-refractivity contribution is -0.145. The summed E-state index contributed by atoms with van der Waals surface area (Å²) in [5, 5.41) is 12.3. The zero-order valence-electron chi connectivity index (χ0n) is 21.7. The average molecular weight is 539 g/mol. The van der Waals surface area contributed by atoms with Crippen molar-refractivity contribution in [3.8, 4) is 11.1 Å². The normalized spacial score (nSPS) is 16.4. The van der Waals surface area contributed by atoms with Crippen LogP contribution in [0.3, 0.4) is 0 Å². The number of carboxylic acid groups (broad SMARTS) is 1. The summed E-state index contributed by atoms with van der Waals surface area (Å²) < 4.78 is 38.0. The molecule has 0 aromatic heterocycles. The van der Waals surface area contributed by atoms with E-state index in [0.717, 1.165) is 28.8 Å². The third-order valence-corrected chi connectivity index (χ3v) is 7.49. The Hall–Kier alpha value is -3.65. The van der Waals surface area contributed by atoms with Crippen LogP contribution in [0, 0.1) is 0 Å². The van der Waals surface area contributed by atoms with Crippen LogP contribution in [0.4, 0.5) is 13.2 Å². The smallest absolute Gasteiger partial charge is 0.389 e. The molecular weight excluding hydrogens is 505 g/mol. The van der Waals surface area contributed by atoms with Crippen LogP contribution in [0.1, 0.15) is 43.2 Å². The molecule has 3 aromatic carbocycles. The highest BCUT2D eigenvalue weighted by Gasteiger charge is 2.44. The monoisotopic (exact) mass is 538 g/mol. The Morgan fingerprint density at radius 1 is 0.872 bits per heavy atom. The number of hydrogen-bond donors (Lipinski definition) is 2. The fourth-order valence-electron chi connectivity index (χ4n) is 5.25. The van der Waals surface area contributed by atoms with Crippen molar-refractivity contribution in [1.29, 1.82) is 0 Å². The first-order valence-electron chi connectivity index (χ1n) is 13.2. The number of piperidine rings is 1. The van der Waals surface area contributed by atoms with Gasteiger partial charge in [0.1, 0.15) is 6.04 Å². The van der Waals surface area contributed by atoms with Crippen LogP contribution < -0.4 is 5.32 Å². The molecule has 1 amide bonds. The molecule has 8 heteroatoms. The number of carbonyl (C=O) groups excluding carboxylic acids is 1. The highest BCUT2D eigenvalue weighted by Crippen LogP contribution is 2.38. The summed E-state index contributed by atoms with van der Waals surface area (Å²) in [6.45, 7) is 1.98. The van der Waals surface area contributed by atoms with Crippen molar-refractivity contribution in [2.24, 2.45) is 0 Å². The van der Waals surface area contributed by atoms with Gasteiger partial charge in [-0.05, 0) is 61.0 Å². The molecule has 5 nitrogen and oxygen atoms in total. The summed E-state index contributed by atoms with van der Waals surface area (Å²) >= 11 is 0. The number of halogens is 3. The number of amides is 1. The van der Waals surface area contributed by atoms with Gasteiger partial charge >= 0.3 is 12.1 Å². The number of nitrogens with zero attached hydrogens (tertiary/aromatic N) is 1. The minimum atomic E-state index is -4.37. The van der Waals surface area contributed by atoms with E-state index in [1.807, 2.05) is 72.8 Å². The highest BCUT2D eigenvalue weighted by atomic mass is 19.4. The first kappa shape index (κ1) is 28.4. The molecule has 1 aliphatic heterocycles. The van der Waals surface area contributed by atoms with Crippen LogP contribution in [-0.2, 0) is 21.5 Å². The average Bonchev–Trinajstić information content (AvgIpc) is 2.93. The first-order valence-corrected chi connectivity index (χ1v) is 13.2. The van der Waals surface area contributed by atoms with E-state index >= 15 is 0 Å². The molecule has 3 aromatic rings. The van der Waals surface area contributed by atoms with Crippen LogP contribution in [0.15, 0.2) is 84.9 Å². The number of hydrogen-bond acceptors (Lipinski definition) is 3. The Balaban J connectivity index is 1.55. The number of nitrogens with one attached hydrogen (secondary N) is 1. The molecule has 2 N–H and O–H groups in total. The third-order valence-electron chi connectivity index (χ3n) is 7.49. The maximum Gasteiger partial charge on any atom is 0.389 e. The van der Waals surface area contributed by atoms with Gasteiger partial charge in [0.25, 0.3) is 0 Å². The van der Waals surface area contributed by atoms with Gasteiger partial charge in [0.2, 0.25) is 5.91 Å². The standard InChI is InChI=1S/C31H33F3N2O3/c32-31(33,34)17-7-12-27(28(37)38)35-29(39)30(18-20-36(21-19-30)22-23-8-3-1-4-9-23)26-15-13-25(14-16-26)24-10-5-2-6-11-24/h1-6,8-11,13-16,27H,7,12,17-22H2,(H,35,39)(H,37,38)/t27-/m0/s1. The Labute approximate surface area is 226 Å². The molecule has 0 saturated carbocycles. The van der Waals surface area contributed by atoms with Crippen LogP contribution in [0.25, 0.3) is 11.1 Å². The molecule has 0 radical (unpaired) electrons. The number of rotatable bonds is 10. The molecule has 0 bridgehead atoms. The van der Waals surface area contributed by atoms with Gasteiger partial charge in [-0.25, -0.2) is 4.79 Å². The second-order valence-corrected chi connectivity index (χ2v) is 10.2. The molecule has 1 heterocycles. The van der Waals surface area contributed by atoms with E-state index in [-0.39, 0.29) is 12.8 Å². The molecule has 1 aliphatic rings. The summed E-state index contributed by atoms with van der Waals surface area (Å²) in [5.41, 5.74) is 2.98. The number of likely N-dealkylation sites (tertiary alicyclic amines) is 1. The minimum Gasteiger partial charge on any atom is -0.480 e. The van der Waals surface area contributed by atoms with Crippen molar-refractivity contribution < 1.29 is 27.9 Å². The van der Waals surface area contributed by atoms with Crippen molar-refractivity contribution in [1.82, 2.24) is 10.2 Å². The van der Waals surface area contributed by atoms with Crippen molar-refractivity contribution in [3.63, 3.8) is 0 Å². The van der Waals surface area contributed by atoms with Crippen molar-refractivity contribution >= 4 is 11.9 Å². The summed E-state index contributed by atoms with van der Waals surface area (Å²) in [7, 11) is 0. The molecule has 1 saturated heterocycles. The highest BCUT2D eigenvalue weighted by molar-refractivity contribution is 5.92. The molecule has 1 fully saturated rings. The van der Waals surface area contributed by atoms with Crippen molar-refractivity contribution in [3.05, 3.63) is 96.1 Å². The van der Waals surface area contributed by atoms with Crippen LogP contribution >= 0.6 is 0 Å². The summed E-state index contributed by atoms with van der Waals surface area (Å²) in [5.74, 6) is -1.78. The Kier molecular flexibility index (Phi) is 9.07. The van der Waals surface area contributed by atoms with Gasteiger partial charge in [0.15, 0.2) is 0 Å². The predicted molar refractivity (Wildman–Crippen MR) is 144 cm³/mol. The number of aliphatic carboxylic acids is 1. The molecule has 1 atom stereocenters. The van der Waals surface area contributed by atoms with Gasteiger partial charge in [-0.2, -0.15) is 13.2 Å². The third kappa shape index (κ3) is 7.47. The van der Waals surface area contributed by atoms with E-state index < -0.39 is 35.9 Å². The largest absolute Gasteiger partial charge is 0.480 e. The number of alkyl halides is 3. The molecular formula is C31H33F3N2O3. The van der Waals surface area contributed by atoms with Gasteiger partial charge in [0, 0.05) is 13.0 Å². The maximum atomic E-state index is 13.8. The lowest BCUT2D eigenvalue weighted by Crippen LogP contribution is -2.55. The predicted octanol–water partition coefficient (Wildman–Crippen LogP) is 6.19. The Morgan fingerprint density at radius 2 is 1.44 bits per heavy atom. The van der Waals surface area contributed by atoms with Gasteiger partial charge in [0.05, 0.1) is 5.41 Å². The van der Waals surface area contributed by atoms with E-state index in [1.165, 1.54) is 0 Å². The van der Waals surface area contributed by atoms with Crippen molar-refractivity contribution in [2.75, 3.05) is 13.1 Å². The van der Waals surface area contributed by atoms with Gasteiger partial charge < -0.3 is 10.4 Å². The fraction of sp³-hybridized carbons (Fsp3) is 0.355. The van der Waals surface area contributed by atoms with Gasteiger partial charge in [-0.1, -0.05) is 84.9 Å². The van der Waals surface area contributed by atoms with Crippen LogP contribution in [-0.4, -0.2) is 47.2 Å². The minimum absolute atomic E-state index is 0.288. The SMILES string of the molecule is O=C(O)[C@H](CCCC(F)(F)F)NC(=O)C1(c2ccc(-c3ccccc3)cc2)CCN(Cc2ccccc2)CC1. The number of benzene rings is 3. The maximum absolute atomic E-state index is 13.8. The van der Waals surface area contributed by atoms with E-state index in [2.05, 4.69) is 22.3 Å². The molecule has 39 heavy (non-hydrogen) atoms. The van der Waals surface area contributed by atoms with Crippen molar-refractivity contribution in [2.45, 2.75) is 56.3 Å². The van der Waals surface area contributed by atoms with Crippen LogP contribution in [0.5, 0.6) is 0 Å². The lowest BCUT2D eigenvalue weighted by Gasteiger charge is -2.41. The summed E-state index contributed by atoms with van der Waals surface area (Å²) in [6, 6.07) is 26.2.